The number of hydrogen-bond donors (Lipinski definition) is 4. The van der Waals surface area contributed by atoms with E-state index in [0.29, 0.717) is 114 Å². The average Bonchev–Trinajstić information content (AvgIpc) is 4.36. The molecule has 2 aliphatic carbocycles. The molecule has 19 nitrogen and oxygen atoms in total. The maximum Gasteiger partial charge on any atom is 0.319 e. The number of nitrogens with one attached hydrogen (secondary N) is 4. The number of morpholine rings is 1. The smallest absolute Gasteiger partial charge is 0.319 e. The van der Waals surface area contributed by atoms with Crippen LogP contribution in [0.25, 0.3) is 21.8 Å². The quantitative estimate of drug-likeness (QED) is 0.0632. The number of hydrogen-bond acceptors (Lipinski definition) is 15. The van der Waals surface area contributed by atoms with Crippen molar-refractivity contribution >= 4 is 45.2 Å². The van der Waals surface area contributed by atoms with E-state index >= 15 is 0 Å². The molecular weight excluding hydrogens is 953 g/mol. The van der Waals surface area contributed by atoms with Gasteiger partial charge in [-0.2, -0.15) is 0 Å². The van der Waals surface area contributed by atoms with Gasteiger partial charge in [-0.05, 0) is 68.5 Å². The van der Waals surface area contributed by atoms with E-state index in [4.69, 9.17) is 47.4 Å². The number of halogens is 2. The van der Waals surface area contributed by atoms with E-state index in [1.54, 1.807) is 49.8 Å². The highest BCUT2D eigenvalue weighted by Gasteiger charge is 2.28. The molecule has 0 unspecified atom stereocenters. The van der Waals surface area contributed by atoms with Gasteiger partial charge in [-0.15, -0.1) is 0 Å². The van der Waals surface area contributed by atoms with Crippen LogP contribution in [0.3, 0.4) is 0 Å². The topological polar surface area (TPSA) is 204 Å². The minimum absolute atomic E-state index is 0.0667. The van der Waals surface area contributed by atoms with Gasteiger partial charge in [0.2, 0.25) is 11.5 Å². The number of nitrogens with zero attached hydrogens (tertiary/aromatic N) is 3. The Morgan fingerprint density at radius 1 is 0.603 bits per heavy atom. The van der Waals surface area contributed by atoms with Crippen molar-refractivity contribution in [1.29, 1.82) is 0 Å². The van der Waals surface area contributed by atoms with Gasteiger partial charge in [0.1, 0.15) is 67.7 Å². The summed E-state index contributed by atoms with van der Waals surface area (Å²) in [6.07, 6.45) is 7.85. The van der Waals surface area contributed by atoms with Gasteiger partial charge in [0.05, 0.1) is 59.6 Å². The molecule has 3 fully saturated rings. The summed E-state index contributed by atoms with van der Waals surface area (Å²) >= 11 is 0. The summed E-state index contributed by atoms with van der Waals surface area (Å²) in [5.74, 6) is 3.12. The molecule has 0 spiro atoms. The van der Waals surface area contributed by atoms with Crippen molar-refractivity contribution in [3.05, 3.63) is 84.7 Å². The molecule has 11 rings (SSSR count). The largest absolute Gasteiger partial charge is 0.489 e. The van der Waals surface area contributed by atoms with E-state index in [0.717, 1.165) is 65.0 Å². The fourth-order valence-electron chi connectivity index (χ4n) is 8.18. The molecular formula is C52H55F2N7O12. The van der Waals surface area contributed by atoms with Crippen LogP contribution < -0.4 is 59.2 Å². The van der Waals surface area contributed by atoms with Crippen LogP contribution in [0.4, 0.5) is 29.7 Å². The number of methoxy groups -OCH3 is 1. The third-order valence-electron chi connectivity index (χ3n) is 12.1. The predicted molar refractivity (Wildman–Crippen MR) is 264 cm³/mol. The third kappa shape index (κ3) is 12.4. The minimum Gasteiger partial charge on any atom is -0.489 e. The highest BCUT2D eigenvalue weighted by atomic mass is 19.1. The second-order valence-electron chi connectivity index (χ2n) is 17.6. The zero-order valence-corrected chi connectivity index (χ0v) is 40.1. The van der Waals surface area contributed by atoms with Gasteiger partial charge in [-0.3, -0.25) is 14.9 Å². The lowest BCUT2D eigenvalue weighted by Crippen LogP contribution is -2.37. The standard InChI is InChI=1S/C28H31FN4O6.C24H24FN3O6/c29-20-16-19(4-5-21(20)32-28(34)31-18-2-3-18)39-23-6-7-30-22-17-24(26-27(25(22)23)38-15-14-37-26)36-11-1-8-33-9-12-35-13-10-33;1-30-8-9-31-20-13-18-21(23-22(20)32-10-11-33-23)19(6-7-26-18)34-15-4-5-17(16(25)12-15)28-24(29)27-14-2-3-14/h4-7,16-18H,1-3,8-15H2,(H2,31,32,34);4-7,12-14H,2-3,8-11H2,1H3,(H2,27,28,29). The molecule has 4 aromatic carbocycles. The van der Waals surface area contributed by atoms with Gasteiger partial charge in [-0.25, -0.2) is 18.4 Å². The molecule has 4 N–H and O–H groups in total. The number of fused-ring (bicyclic) bond motifs is 6. The van der Waals surface area contributed by atoms with E-state index in [-0.39, 0.29) is 35.0 Å². The maximum atomic E-state index is 14.8. The van der Waals surface area contributed by atoms with Crippen molar-refractivity contribution in [2.45, 2.75) is 44.2 Å². The zero-order chi connectivity index (χ0) is 50.1. The van der Waals surface area contributed by atoms with Crippen molar-refractivity contribution in [2.75, 3.05) is 96.8 Å². The van der Waals surface area contributed by atoms with E-state index in [2.05, 4.69) is 36.1 Å². The normalized spacial score (nSPS) is 15.9. The Hall–Kier alpha value is -7.62. The Morgan fingerprint density at radius 2 is 1.08 bits per heavy atom. The number of amides is 4. The van der Waals surface area contributed by atoms with Crippen LogP contribution in [0.1, 0.15) is 32.1 Å². The molecule has 3 aliphatic heterocycles. The van der Waals surface area contributed by atoms with Crippen LogP contribution in [0.15, 0.2) is 73.1 Å². The van der Waals surface area contributed by atoms with Gasteiger partial charge in [0, 0.05) is 75.5 Å². The molecule has 384 valence electrons. The first-order valence-electron chi connectivity index (χ1n) is 24.3. The van der Waals surface area contributed by atoms with E-state index < -0.39 is 23.7 Å². The summed E-state index contributed by atoms with van der Waals surface area (Å²) in [7, 11) is 1.60. The summed E-state index contributed by atoms with van der Waals surface area (Å²) in [6, 6.07) is 15.0. The molecule has 21 heteroatoms. The van der Waals surface area contributed by atoms with Gasteiger partial charge in [0.25, 0.3) is 0 Å². The molecule has 73 heavy (non-hydrogen) atoms. The molecule has 0 bridgehead atoms. The minimum atomic E-state index is -0.614. The zero-order valence-electron chi connectivity index (χ0n) is 40.1. The van der Waals surface area contributed by atoms with E-state index in [9.17, 15) is 18.4 Å². The van der Waals surface area contributed by atoms with Crippen molar-refractivity contribution in [2.24, 2.45) is 0 Å². The van der Waals surface area contributed by atoms with E-state index in [1.165, 1.54) is 24.3 Å². The number of carbonyl (C=O) groups excluding carboxylic acids is 2. The predicted octanol–water partition coefficient (Wildman–Crippen LogP) is 8.57. The Labute approximate surface area is 418 Å². The number of anilines is 2. The second-order valence-corrected chi connectivity index (χ2v) is 17.6. The molecule has 5 heterocycles. The monoisotopic (exact) mass is 1010 g/mol. The van der Waals surface area contributed by atoms with Gasteiger partial charge in [-0.1, -0.05) is 0 Å². The van der Waals surface area contributed by atoms with Crippen molar-refractivity contribution in [1.82, 2.24) is 25.5 Å². The fraction of sp³-hybridized carbons (Fsp3) is 0.385. The Bertz CT molecular complexity index is 2960. The van der Waals surface area contributed by atoms with Gasteiger partial charge >= 0.3 is 12.1 Å². The SMILES string of the molecule is COCCOc1cc2nccc(Oc3ccc(NC(=O)NC4CC4)c(F)c3)c2c2c1OCCO2.O=C(Nc1ccc(Oc2ccnc3cc(OCCCN4CCOCC4)c4c(c23)OCCO4)cc1F)NC1CC1. The van der Waals surface area contributed by atoms with Crippen LogP contribution in [0, 0.1) is 11.6 Å². The Morgan fingerprint density at radius 3 is 1.55 bits per heavy atom. The molecule has 0 radical (unpaired) electrons. The fourth-order valence-corrected chi connectivity index (χ4v) is 8.18. The molecule has 2 aromatic heterocycles. The van der Waals surface area contributed by atoms with Crippen LogP contribution in [-0.4, -0.2) is 125 Å². The summed E-state index contributed by atoms with van der Waals surface area (Å²) in [5, 5.41) is 11.8. The van der Waals surface area contributed by atoms with Crippen molar-refractivity contribution in [3.8, 4) is 57.5 Å². The molecule has 0 atom stereocenters. The van der Waals surface area contributed by atoms with Crippen LogP contribution in [-0.2, 0) is 9.47 Å². The first kappa shape index (κ1) is 49.0. The number of ether oxygens (including phenoxy) is 10. The maximum absolute atomic E-state index is 14.8. The molecule has 6 aromatic rings. The number of pyridine rings is 2. The Kier molecular flexibility index (Phi) is 15.3. The second kappa shape index (κ2) is 22.9. The highest BCUT2D eigenvalue weighted by Crippen LogP contribution is 2.50. The average molecular weight is 1010 g/mol. The number of aromatic nitrogens is 2. The first-order chi connectivity index (χ1) is 35.8. The number of urea groups is 2. The molecule has 5 aliphatic rings. The first-order valence-corrected chi connectivity index (χ1v) is 24.3. The van der Waals surface area contributed by atoms with E-state index in [1.807, 2.05) is 6.07 Å². The lowest BCUT2D eigenvalue weighted by molar-refractivity contribution is 0.0357. The van der Waals surface area contributed by atoms with Crippen molar-refractivity contribution < 1.29 is 65.7 Å². The molecule has 4 amide bonds. The Balaban J connectivity index is 0.000000169. The van der Waals surface area contributed by atoms with Crippen LogP contribution in [0.2, 0.25) is 0 Å². The number of benzene rings is 4. The van der Waals surface area contributed by atoms with Gasteiger partial charge in [0.15, 0.2) is 23.0 Å². The molecule has 2 saturated carbocycles. The molecule has 1 saturated heterocycles. The number of rotatable bonds is 17. The van der Waals surface area contributed by atoms with Crippen LogP contribution in [0.5, 0.6) is 57.5 Å². The third-order valence-corrected chi connectivity index (χ3v) is 12.1. The van der Waals surface area contributed by atoms with Crippen LogP contribution >= 0.6 is 0 Å². The summed E-state index contributed by atoms with van der Waals surface area (Å²) in [5.41, 5.74) is 1.32. The van der Waals surface area contributed by atoms with Gasteiger partial charge < -0.3 is 68.6 Å². The highest BCUT2D eigenvalue weighted by molar-refractivity contribution is 5.97. The lowest BCUT2D eigenvalue weighted by Gasteiger charge is -2.26. The number of carbonyl (C=O) groups is 2. The summed E-state index contributed by atoms with van der Waals surface area (Å²) in [6.45, 7) is 7.13. The lowest BCUT2D eigenvalue weighted by atomic mass is 10.1. The summed E-state index contributed by atoms with van der Waals surface area (Å²) in [4.78, 5) is 35.2. The van der Waals surface area contributed by atoms with Crippen molar-refractivity contribution in [3.63, 3.8) is 0 Å². The summed E-state index contributed by atoms with van der Waals surface area (Å²) < 4.78 is 87.6.